The quantitative estimate of drug-likeness (QED) is 0.281. The zero-order chi connectivity index (χ0) is 32.5. The van der Waals surface area contributed by atoms with E-state index in [2.05, 4.69) is 60.6 Å². The van der Waals surface area contributed by atoms with E-state index in [0.29, 0.717) is 37.4 Å². The number of rotatable bonds is 8. The van der Waals surface area contributed by atoms with Crippen LogP contribution in [0.1, 0.15) is 139 Å². The van der Waals surface area contributed by atoms with Crippen LogP contribution in [0.2, 0.25) is 0 Å². The van der Waals surface area contributed by atoms with Crippen LogP contribution in [0, 0.1) is 44.8 Å². The molecule has 4 heteroatoms. The van der Waals surface area contributed by atoms with Gasteiger partial charge in [-0.1, -0.05) is 81.2 Å². The molecule has 0 radical (unpaired) electrons. The number of fused-ring (bicyclic) bond motifs is 3. The third-order valence-electron chi connectivity index (χ3n) is 14.3. The van der Waals surface area contributed by atoms with Gasteiger partial charge in [-0.3, -0.25) is 14.4 Å². The Hall–Kier alpha value is -2.23. The van der Waals surface area contributed by atoms with E-state index in [1.165, 1.54) is 16.7 Å². The first kappa shape index (κ1) is 33.1. The third-order valence-corrected chi connectivity index (χ3v) is 14.3. The molecule has 2 saturated carbocycles. The van der Waals surface area contributed by atoms with Crippen LogP contribution >= 0.6 is 0 Å². The second-order valence-corrected chi connectivity index (χ2v) is 17.0. The number of allylic oxidation sites excluding steroid dienone is 7. The first-order valence-electron chi connectivity index (χ1n) is 17.5. The van der Waals surface area contributed by atoms with Crippen molar-refractivity contribution < 1.29 is 19.5 Å². The molecule has 1 spiro atoms. The predicted molar refractivity (Wildman–Crippen MR) is 178 cm³/mol. The monoisotopic (exact) mass is 602 g/mol. The van der Waals surface area contributed by atoms with Gasteiger partial charge in [-0.05, 0) is 114 Å². The lowest BCUT2D eigenvalue weighted by atomic mass is 9.48. The number of carbonyl (C=O) groups is 3. The van der Waals surface area contributed by atoms with Crippen molar-refractivity contribution in [1.29, 1.82) is 0 Å². The molecule has 0 aromatic rings. The van der Waals surface area contributed by atoms with Crippen molar-refractivity contribution in [3.63, 3.8) is 0 Å². The molecule has 0 heterocycles. The summed E-state index contributed by atoms with van der Waals surface area (Å²) in [5.74, 6) is -0.301. The Morgan fingerprint density at radius 2 is 1.73 bits per heavy atom. The fourth-order valence-electron chi connectivity index (χ4n) is 11.3. The van der Waals surface area contributed by atoms with Gasteiger partial charge >= 0.3 is 5.97 Å². The van der Waals surface area contributed by atoms with E-state index in [1.54, 1.807) is 18.1 Å². The van der Waals surface area contributed by atoms with Gasteiger partial charge in [0.05, 0.1) is 5.41 Å². The summed E-state index contributed by atoms with van der Waals surface area (Å²) in [5, 5.41) is 10.4. The fraction of sp³-hybridized carbons (Fsp3) is 0.725. The maximum atomic E-state index is 14.2. The molecule has 5 aliphatic rings. The molecule has 0 aliphatic heterocycles. The van der Waals surface area contributed by atoms with Crippen LogP contribution in [0.4, 0.5) is 0 Å². The minimum absolute atomic E-state index is 0.0540. The molecule has 5 aliphatic carbocycles. The number of carboxylic acid groups (broad SMARTS) is 1. The summed E-state index contributed by atoms with van der Waals surface area (Å²) in [4.78, 5) is 39.9. The van der Waals surface area contributed by atoms with Gasteiger partial charge in [0.2, 0.25) is 0 Å². The lowest BCUT2D eigenvalue weighted by Crippen LogP contribution is -2.51. The van der Waals surface area contributed by atoms with Crippen LogP contribution in [-0.4, -0.2) is 22.6 Å². The largest absolute Gasteiger partial charge is 0.481 e. The topological polar surface area (TPSA) is 71.4 Å². The Kier molecular flexibility index (Phi) is 8.46. The molecular weight excluding hydrogens is 544 g/mol. The molecule has 7 atom stereocenters. The molecule has 0 unspecified atom stereocenters. The first-order chi connectivity index (χ1) is 20.4. The van der Waals surface area contributed by atoms with Gasteiger partial charge in [0, 0.05) is 29.6 Å². The zero-order valence-electron chi connectivity index (χ0n) is 29.0. The Labute approximate surface area is 266 Å². The molecule has 242 valence electrons. The molecule has 0 aromatic heterocycles. The molecule has 0 bridgehead atoms. The number of hydrogen-bond acceptors (Lipinski definition) is 3. The number of hydrogen-bond donors (Lipinski definition) is 1. The molecular formula is C40H58O4. The standard InChI is InChI=1S/C40H58O4/c1-25(2)11-10-12-28-13-14-31(38(8,24-28)35(43)44)32(41)23-27(4)39(9)21-17-26(3)40(39)22-18-29-30(40)15-16-33-36(5,6)34(42)19-20-37(29,33)7/h11,13,27,31,33H,3,10,12,14-24H2,1-2,4-9H3,(H,43,44)/t27-,31-,33+,37-,38+,39+,40+/m1/s1. The van der Waals surface area contributed by atoms with Crippen molar-refractivity contribution in [2.24, 2.45) is 44.8 Å². The Morgan fingerprint density at radius 1 is 1.02 bits per heavy atom. The highest BCUT2D eigenvalue weighted by Gasteiger charge is 2.65. The van der Waals surface area contributed by atoms with Gasteiger partial charge in [0.15, 0.2) is 0 Å². The fourth-order valence-corrected chi connectivity index (χ4v) is 11.3. The molecule has 1 N–H and O–H groups in total. The van der Waals surface area contributed by atoms with E-state index in [1.807, 2.05) is 0 Å². The van der Waals surface area contributed by atoms with Gasteiger partial charge in [-0.25, -0.2) is 0 Å². The van der Waals surface area contributed by atoms with Crippen LogP contribution in [0.5, 0.6) is 0 Å². The molecule has 0 amide bonds. The second kappa shape index (κ2) is 11.2. The molecule has 0 aromatic carbocycles. The van der Waals surface area contributed by atoms with Crippen molar-refractivity contribution in [2.45, 2.75) is 139 Å². The van der Waals surface area contributed by atoms with E-state index in [-0.39, 0.29) is 33.4 Å². The minimum Gasteiger partial charge on any atom is -0.481 e. The summed E-state index contributed by atoms with van der Waals surface area (Å²) in [5.41, 5.74) is 5.51. The summed E-state index contributed by atoms with van der Waals surface area (Å²) in [6.45, 7) is 22.2. The van der Waals surface area contributed by atoms with Gasteiger partial charge in [0.1, 0.15) is 11.6 Å². The third kappa shape index (κ3) is 4.79. The maximum absolute atomic E-state index is 14.2. The Morgan fingerprint density at radius 3 is 2.39 bits per heavy atom. The maximum Gasteiger partial charge on any atom is 0.310 e. The van der Waals surface area contributed by atoms with Crippen molar-refractivity contribution in [3.05, 3.63) is 46.6 Å². The zero-order valence-corrected chi connectivity index (χ0v) is 29.0. The molecule has 4 nitrogen and oxygen atoms in total. The summed E-state index contributed by atoms with van der Waals surface area (Å²) in [6.07, 6.45) is 15.4. The molecule has 5 rings (SSSR count). The van der Waals surface area contributed by atoms with Crippen molar-refractivity contribution in [1.82, 2.24) is 0 Å². The molecule has 44 heavy (non-hydrogen) atoms. The van der Waals surface area contributed by atoms with Crippen molar-refractivity contribution in [2.75, 3.05) is 0 Å². The van der Waals surface area contributed by atoms with E-state index in [4.69, 9.17) is 6.58 Å². The highest BCUT2D eigenvalue weighted by Crippen LogP contribution is 2.74. The highest BCUT2D eigenvalue weighted by molar-refractivity contribution is 5.89. The lowest BCUT2D eigenvalue weighted by Gasteiger charge is -2.55. The Bertz CT molecular complexity index is 1350. The van der Waals surface area contributed by atoms with E-state index >= 15 is 0 Å². The van der Waals surface area contributed by atoms with Gasteiger partial charge in [-0.15, -0.1) is 0 Å². The van der Waals surface area contributed by atoms with Gasteiger partial charge in [0.25, 0.3) is 0 Å². The minimum atomic E-state index is -1.06. The van der Waals surface area contributed by atoms with Crippen molar-refractivity contribution in [3.8, 4) is 0 Å². The number of carboxylic acids is 1. The van der Waals surface area contributed by atoms with Crippen LogP contribution < -0.4 is 0 Å². The predicted octanol–water partition coefficient (Wildman–Crippen LogP) is 9.99. The number of carbonyl (C=O) groups excluding carboxylic acids is 2. The first-order valence-corrected chi connectivity index (χ1v) is 17.5. The van der Waals surface area contributed by atoms with E-state index < -0.39 is 17.3 Å². The van der Waals surface area contributed by atoms with E-state index in [9.17, 15) is 19.5 Å². The number of Topliss-reactive ketones (excluding diaryl/α,β-unsaturated/α-hetero) is 2. The van der Waals surface area contributed by atoms with Crippen LogP contribution in [0.15, 0.2) is 46.6 Å². The average molecular weight is 603 g/mol. The van der Waals surface area contributed by atoms with Gasteiger partial charge < -0.3 is 5.11 Å². The number of ketones is 2. The number of aliphatic carboxylic acids is 1. The van der Waals surface area contributed by atoms with Gasteiger partial charge in [-0.2, -0.15) is 0 Å². The molecule has 2 fully saturated rings. The second-order valence-electron chi connectivity index (χ2n) is 17.0. The lowest BCUT2D eigenvalue weighted by molar-refractivity contribution is -0.155. The highest BCUT2D eigenvalue weighted by atomic mass is 16.4. The normalized spacial score (nSPS) is 38.7. The van der Waals surface area contributed by atoms with Crippen LogP contribution in [0.25, 0.3) is 0 Å². The van der Waals surface area contributed by atoms with Crippen LogP contribution in [0.3, 0.4) is 0 Å². The SMILES string of the molecule is C=C1CC[C@@](C)([C@H](C)CC(=O)[C@H]2CC=C(CCC=C(C)C)C[C@]2(C)C(=O)O)[C@@]12CCC1=C2CC[C@H]2C(C)(C)C(=O)CC[C@]12C. The summed E-state index contributed by atoms with van der Waals surface area (Å²) in [7, 11) is 0. The average Bonchev–Trinajstić information content (AvgIpc) is 3.47. The summed E-state index contributed by atoms with van der Waals surface area (Å²) < 4.78 is 0. The summed E-state index contributed by atoms with van der Waals surface area (Å²) >= 11 is 0. The van der Waals surface area contributed by atoms with Crippen LogP contribution in [-0.2, 0) is 14.4 Å². The Balaban J connectivity index is 1.42. The molecule has 0 saturated heterocycles. The van der Waals surface area contributed by atoms with E-state index in [0.717, 1.165) is 57.8 Å². The van der Waals surface area contributed by atoms with Crippen molar-refractivity contribution >= 4 is 17.5 Å². The smallest absolute Gasteiger partial charge is 0.310 e. The summed E-state index contributed by atoms with van der Waals surface area (Å²) in [6, 6.07) is 0.